The molecule has 0 aliphatic carbocycles. The third kappa shape index (κ3) is 5.88. The van der Waals surface area contributed by atoms with E-state index in [0.29, 0.717) is 18.9 Å². The second-order valence-electron chi connectivity index (χ2n) is 7.28. The molecule has 1 rings (SSSR count). The minimum atomic E-state index is 0.00900. The molecule has 0 bridgehead atoms. The Hall–Kier alpha value is -1.35. The summed E-state index contributed by atoms with van der Waals surface area (Å²) in [4.78, 5) is 12.3. The van der Waals surface area contributed by atoms with Crippen molar-refractivity contribution >= 4 is 11.6 Å². The van der Waals surface area contributed by atoms with Crippen molar-refractivity contribution < 1.29 is 4.79 Å². The largest absolute Gasteiger partial charge is 0.330 e. The molecule has 0 aromatic heterocycles. The van der Waals surface area contributed by atoms with Crippen LogP contribution in [0.15, 0.2) is 24.3 Å². The SMILES string of the molecule is CC(C)CC(CN)CC(=O)Nc1ccccc1C(C)(C)C. The van der Waals surface area contributed by atoms with Gasteiger partial charge in [-0.05, 0) is 41.8 Å². The van der Waals surface area contributed by atoms with Crippen molar-refractivity contribution in [2.45, 2.75) is 52.9 Å². The molecule has 0 heterocycles. The van der Waals surface area contributed by atoms with Gasteiger partial charge in [-0.3, -0.25) is 4.79 Å². The van der Waals surface area contributed by atoms with Crippen LogP contribution in [0.25, 0.3) is 0 Å². The molecule has 1 atom stereocenters. The number of hydrogen-bond donors (Lipinski definition) is 2. The molecule has 1 unspecified atom stereocenters. The standard InChI is InChI=1S/C18H30N2O/c1-13(2)10-14(12-19)11-17(21)20-16-9-7-6-8-15(16)18(3,4)5/h6-9,13-14H,10-12,19H2,1-5H3,(H,20,21). The molecule has 0 radical (unpaired) electrons. The van der Waals surface area contributed by atoms with E-state index in [1.165, 1.54) is 0 Å². The Morgan fingerprint density at radius 2 is 1.86 bits per heavy atom. The summed E-state index contributed by atoms with van der Waals surface area (Å²) >= 11 is 0. The highest BCUT2D eigenvalue weighted by atomic mass is 16.1. The summed E-state index contributed by atoms with van der Waals surface area (Å²) in [6.45, 7) is 11.3. The Labute approximate surface area is 129 Å². The molecule has 118 valence electrons. The number of nitrogens with one attached hydrogen (secondary N) is 1. The molecule has 0 aliphatic heterocycles. The molecule has 0 fully saturated rings. The summed E-state index contributed by atoms with van der Waals surface area (Å²) in [6.07, 6.45) is 1.48. The maximum atomic E-state index is 12.3. The van der Waals surface area contributed by atoms with Crippen LogP contribution in [0.5, 0.6) is 0 Å². The van der Waals surface area contributed by atoms with E-state index in [0.717, 1.165) is 17.7 Å². The summed E-state index contributed by atoms with van der Waals surface area (Å²) in [5.41, 5.74) is 7.86. The van der Waals surface area contributed by atoms with Crippen LogP contribution in [0.4, 0.5) is 5.69 Å². The van der Waals surface area contributed by atoms with Crippen molar-refractivity contribution in [2.24, 2.45) is 17.6 Å². The van der Waals surface area contributed by atoms with E-state index in [1.54, 1.807) is 0 Å². The number of carbonyl (C=O) groups is 1. The number of hydrogen-bond acceptors (Lipinski definition) is 2. The quantitative estimate of drug-likeness (QED) is 0.834. The molecule has 21 heavy (non-hydrogen) atoms. The summed E-state index contributed by atoms with van der Waals surface area (Å²) in [5, 5.41) is 3.06. The molecular formula is C18H30N2O. The van der Waals surface area contributed by atoms with Crippen molar-refractivity contribution in [2.75, 3.05) is 11.9 Å². The molecular weight excluding hydrogens is 260 g/mol. The van der Waals surface area contributed by atoms with Gasteiger partial charge in [0, 0.05) is 12.1 Å². The summed E-state index contributed by atoms with van der Waals surface area (Å²) in [6, 6.07) is 8.01. The van der Waals surface area contributed by atoms with Crippen LogP contribution in [-0.2, 0) is 10.2 Å². The fraction of sp³-hybridized carbons (Fsp3) is 0.611. The zero-order chi connectivity index (χ0) is 16.0. The Kier molecular flexibility index (Phi) is 6.41. The first-order valence-electron chi connectivity index (χ1n) is 7.83. The number of amides is 1. The van der Waals surface area contributed by atoms with Crippen molar-refractivity contribution in [3.05, 3.63) is 29.8 Å². The number of rotatable bonds is 6. The third-order valence-corrected chi connectivity index (χ3v) is 3.62. The normalized spacial score (nSPS) is 13.3. The van der Waals surface area contributed by atoms with Gasteiger partial charge in [0.15, 0.2) is 0 Å². The molecule has 1 aromatic carbocycles. The molecule has 0 spiro atoms. The maximum absolute atomic E-state index is 12.3. The van der Waals surface area contributed by atoms with E-state index in [2.05, 4.69) is 46.0 Å². The Bertz CT molecular complexity index is 461. The monoisotopic (exact) mass is 290 g/mol. The van der Waals surface area contributed by atoms with Gasteiger partial charge in [0.25, 0.3) is 0 Å². The van der Waals surface area contributed by atoms with E-state index in [4.69, 9.17) is 5.73 Å². The predicted octanol–water partition coefficient (Wildman–Crippen LogP) is 3.93. The molecule has 3 N–H and O–H groups in total. The Morgan fingerprint density at radius 1 is 1.24 bits per heavy atom. The number of anilines is 1. The van der Waals surface area contributed by atoms with E-state index >= 15 is 0 Å². The third-order valence-electron chi connectivity index (χ3n) is 3.62. The van der Waals surface area contributed by atoms with Crippen LogP contribution < -0.4 is 11.1 Å². The number of para-hydroxylation sites is 1. The highest BCUT2D eigenvalue weighted by Gasteiger charge is 2.20. The van der Waals surface area contributed by atoms with Gasteiger partial charge in [-0.2, -0.15) is 0 Å². The second-order valence-corrected chi connectivity index (χ2v) is 7.28. The fourth-order valence-corrected chi connectivity index (χ4v) is 2.64. The fourth-order valence-electron chi connectivity index (χ4n) is 2.64. The Morgan fingerprint density at radius 3 is 2.38 bits per heavy atom. The Balaban J connectivity index is 2.75. The zero-order valence-electron chi connectivity index (χ0n) is 14.1. The lowest BCUT2D eigenvalue weighted by molar-refractivity contribution is -0.117. The second kappa shape index (κ2) is 7.60. The topological polar surface area (TPSA) is 55.1 Å². The number of benzene rings is 1. The van der Waals surface area contributed by atoms with Gasteiger partial charge in [-0.1, -0.05) is 52.8 Å². The highest BCUT2D eigenvalue weighted by molar-refractivity contribution is 5.91. The molecule has 3 heteroatoms. The summed E-state index contributed by atoms with van der Waals surface area (Å²) in [7, 11) is 0. The first-order chi connectivity index (χ1) is 9.74. The summed E-state index contributed by atoms with van der Waals surface area (Å²) in [5.74, 6) is 0.878. The smallest absolute Gasteiger partial charge is 0.224 e. The minimum Gasteiger partial charge on any atom is -0.330 e. The lowest BCUT2D eigenvalue weighted by atomic mass is 9.85. The molecule has 0 saturated heterocycles. The van der Waals surface area contributed by atoms with E-state index in [9.17, 15) is 4.79 Å². The molecule has 0 aliphatic rings. The van der Waals surface area contributed by atoms with Gasteiger partial charge in [-0.15, -0.1) is 0 Å². The van der Waals surface area contributed by atoms with Crippen molar-refractivity contribution in [1.82, 2.24) is 0 Å². The number of carbonyl (C=O) groups excluding carboxylic acids is 1. The van der Waals surface area contributed by atoms with Crippen LogP contribution in [0.1, 0.15) is 53.0 Å². The number of nitrogens with two attached hydrogens (primary N) is 1. The van der Waals surface area contributed by atoms with Gasteiger partial charge in [0.2, 0.25) is 5.91 Å². The summed E-state index contributed by atoms with van der Waals surface area (Å²) < 4.78 is 0. The van der Waals surface area contributed by atoms with Crippen LogP contribution in [0.3, 0.4) is 0 Å². The van der Waals surface area contributed by atoms with Gasteiger partial charge < -0.3 is 11.1 Å². The van der Waals surface area contributed by atoms with Crippen LogP contribution in [0, 0.1) is 11.8 Å². The van der Waals surface area contributed by atoms with Crippen molar-refractivity contribution in [3.8, 4) is 0 Å². The predicted molar refractivity (Wildman–Crippen MR) is 90.4 cm³/mol. The van der Waals surface area contributed by atoms with Crippen LogP contribution in [-0.4, -0.2) is 12.5 Å². The zero-order valence-corrected chi connectivity index (χ0v) is 14.1. The minimum absolute atomic E-state index is 0.00900. The van der Waals surface area contributed by atoms with Crippen LogP contribution in [0.2, 0.25) is 0 Å². The molecule has 1 amide bonds. The average Bonchev–Trinajstić information content (AvgIpc) is 2.36. The van der Waals surface area contributed by atoms with E-state index in [1.807, 2.05) is 18.2 Å². The van der Waals surface area contributed by atoms with Crippen LogP contribution >= 0.6 is 0 Å². The first kappa shape index (κ1) is 17.7. The lowest BCUT2D eigenvalue weighted by Crippen LogP contribution is -2.24. The maximum Gasteiger partial charge on any atom is 0.224 e. The van der Waals surface area contributed by atoms with Gasteiger partial charge in [-0.25, -0.2) is 0 Å². The van der Waals surface area contributed by atoms with E-state index < -0.39 is 0 Å². The van der Waals surface area contributed by atoms with Crippen molar-refractivity contribution in [3.63, 3.8) is 0 Å². The lowest BCUT2D eigenvalue weighted by Gasteiger charge is -2.23. The molecule has 3 nitrogen and oxygen atoms in total. The highest BCUT2D eigenvalue weighted by Crippen LogP contribution is 2.29. The average molecular weight is 290 g/mol. The van der Waals surface area contributed by atoms with E-state index in [-0.39, 0.29) is 17.2 Å². The van der Waals surface area contributed by atoms with Gasteiger partial charge in [0.05, 0.1) is 0 Å². The van der Waals surface area contributed by atoms with Crippen molar-refractivity contribution in [1.29, 1.82) is 0 Å². The van der Waals surface area contributed by atoms with Gasteiger partial charge >= 0.3 is 0 Å². The first-order valence-corrected chi connectivity index (χ1v) is 7.83. The van der Waals surface area contributed by atoms with Gasteiger partial charge in [0.1, 0.15) is 0 Å². The molecule has 1 aromatic rings. The molecule has 0 saturated carbocycles.